The lowest BCUT2D eigenvalue weighted by molar-refractivity contribution is -0.384. The van der Waals surface area contributed by atoms with E-state index in [1.807, 2.05) is 0 Å². The molecule has 0 heterocycles. The number of rotatable bonds is 5. The molecule has 0 saturated carbocycles. The van der Waals surface area contributed by atoms with Crippen molar-refractivity contribution in [1.29, 1.82) is 0 Å². The van der Waals surface area contributed by atoms with Crippen LogP contribution in [0.15, 0.2) is 18.2 Å². The molecule has 6 heteroatoms. The number of ketones is 1. The van der Waals surface area contributed by atoms with Crippen molar-refractivity contribution in [2.75, 3.05) is 11.9 Å². The highest BCUT2D eigenvalue weighted by molar-refractivity contribution is 5.95. The molecular formula is C11H14N2O4. The van der Waals surface area contributed by atoms with Crippen LogP contribution >= 0.6 is 0 Å². The number of hydrogen-bond acceptors (Lipinski definition) is 5. The Morgan fingerprint density at radius 3 is 2.71 bits per heavy atom. The predicted octanol–water partition coefficient (Wildman–Crippen LogP) is 1.59. The van der Waals surface area contributed by atoms with Gasteiger partial charge in [0.1, 0.15) is 5.69 Å². The highest BCUT2D eigenvalue weighted by atomic mass is 16.6. The SMILES string of the molecule is CC(=O)c1ccc(NC(C)CO)c([N+](=O)[O-])c1. The summed E-state index contributed by atoms with van der Waals surface area (Å²) >= 11 is 0. The average molecular weight is 238 g/mol. The second-order valence-corrected chi connectivity index (χ2v) is 3.77. The zero-order valence-electron chi connectivity index (χ0n) is 9.64. The first-order chi connectivity index (χ1) is 7.95. The molecule has 0 spiro atoms. The van der Waals surface area contributed by atoms with Crippen LogP contribution in [0.2, 0.25) is 0 Å². The third-order valence-electron chi connectivity index (χ3n) is 2.28. The number of nitro benzene ring substituents is 1. The van der Waals surface area contributed by atoms with E-state index >= 15 is 0 Å². The van der Waals surface area contributed by atoms with Gasteiger partial charge in [-0.05, 0) is 26.0 Å². The fourth-order valence-electron chi connectivity index (χ4n) is 1.33. The van der Waals surface area contributed by atoms with E-state index in [4.69, 9.17) is 5.11 Å². The molecule has 1 aromatic carbocycles. The summed E-state index contributed by atoms with van der Waals surface area (Å²) in [6, 6.07) is 3.93. The maximum Gasteiger partial charge on any atom is 0.293 e. The van der Waals surface area contributed by atoms with Crippen molar-refractivity contribution in [3.05, 3.63) is 33.9 Å². The molecular weight excluding hydrogens is 224 g/mol. The molecule has 1 rings (SSSR count). The number of aliphatic hydroxyl groups is 1. The maximum absolute atomic E-state index is 11.1. The standard InChI is InChI=1S/C11H14N2O4/c1-7(6-14)12-10-4-3-9(8(2)15)5-11(10)13(16)17/h3-5,7,12,14H,6H2,1-2H3. The molecule has 0 fully saturated rings. The van der Waals surface area contributed by atoms with Crippen molar-refractivity contribution in [3.8, 4) is 0 Å². The molecule has 0 aliphatic heterocycles. The first kappa shape index (κ1) is 13.1. The maximum atomic E-state index is 11.1. The van der Waals surface area contributed by atoms with Crippen LogP contribution in [0, 0.1) is 10.1 Å². The average Bonchev–Trinajstić information content (AvgIpc) is 2.28. The van der Waals surface area contributed by atoms with E-state index in [1.165, 1.54) is 25.1 Å². The number of carbonyl (C=O) groups excluding carboxylic acids is 1. The number of nitrogens with zero attached hydrogens (tertiary/aromatic N) is 1. The summed E-state index contributed by atoms with van der Waals surface area (Å²) in [6.07, 6.45) is 0. The number of anilines is 1. The summed E-state index contributed by atoms with van der Waals surface area (Å²) in [5.74, 6) is -0.227. The third kappa shape index (κ3) is 3.25. The highest BCUT2D eigenvalue weighted by Gasteiger charge is 2.17. The van der Waals surface area contributed by atoms with Crippen LogP contribution in [0.1, 0.15) is 24.2 Å². The van der Waals surface area contributed by atoms with E-state index in [-0.39, 0.29) is 24.1 Å². The normalized spacial score (nSPS) is 11.9. The zero-order chi connectivity index (χ0) is 13.0. The second-order valence-electron chi connectivity index (χ2n) is 3.77. The van der Waals surface area contributed by atoms with Crippen molar-refractivity contribution in [2.24, 2.45) is 0 Å². The smallest absolute Gasteiger partial charge is 0.293 e. The molecule has 0 aliphatic rings. The quantitative estimate of drug-likeness (QED) is 0.461. The number of benzene rings is 1. The molecule has 0 bridgehead atoms. The monoisotopic (exact) mass is 238 g/mol. The molecule has 6 nitrogen and oxygen atoms in total. The van der Waals surface area contributed by atoms with E-state index in [0.717, 1.165) is 0 Å². The Morgan fingerprint density at radius 2 is 2.24 bits per heavy atom. The Labute approximate surface area is 98.4 Å². The van der Waals surface area contributed by atoms with Gasteiger partial charge in [0.15, 0.2) is 5.78 Å². The molecule has 17 heavy (non-hydrogen) atoms. The second kappa shape index (κ2) is 5.40. The Hall–Kier alpha value is -1.95. The minimum Gasteiger partial charge on any atom is -0.394 e. The fraction of sp³-hybridized carbons (Fsp3) is 0.364. The molecule has 0 saturated heterocycles. The molecule has 1 atom stereocenters. The number of nitro groups is 1. The van der Waals surface area contributed by atoms with Gasteiger partial charge in [0, 0.05) is 17.7 Å². The van der Waals surface area contributed by atoms with Crippen molar-refractivity contribution >= 4 is 17.2 Å². The molecule has 0 amide bonds. The van der Waals surface area contributed by atoms with Gasteiger partial charge in [0.05, 0.1) is 11.5 Å². The minimum atomic E-state index is -0.557. The van der Waals surface area contributed by atoms with Gasteiger partial charge in [-0.1, -0.05) is 0 Å². The lowest BCUT2D eigenvalue weighted by atomic mass is 10.1. The van der Waals surface area contributed by atoms with Gasteiger partial charge in [-0.2, -0.15) is 0 Å². The first-order valence-corrected chi connectivity index (χ1v) is 5.12. The van der Waals surface area contributed by atoms with Gasteiger partial charge in [-0.3, -0.25) is 14.9 Å². The topological polar surface area (TPSA) is 92.5 Å². The molecule has 1 unspecified atom stereocenters. The number of nitrogens with one attached hydrogen (secondary N) is 1. The van der Waals surface area contributed by atoms with Crippen LogP contribution in [-0.4, -0.2) is 28.5 Å². The molecule has 1 aromatic rings. The van der Waals surface area contributed by atoms with E-state index in [9.17, 15) is 14.9 Å². The molecule has 0 aromatic heterocycles. The third-order valence-corrected chi connectivity index (χ3v) is 2.28. The van der Waals surface area contributed by atoms with Gasteiger partial charge in [0.2, 0.25) is 0 Å². The summed E-state index contributed by atoms with van der Waals surface area (Å²) in [5.41, 5.74) is 0.415. The minimum absolute atomic E-state index is 0.133. The van der Waals surface area contributed by atoms with Crippen LogP contribution in [0.5, 0.6) is 0 Å². The Kier molecular flexibility index (Phi) is 4.17. The van der Waals surface area contributed by atoms with E-state index in [0.29, 0.717) is 11.3 Å². The van der Waals surface area contributed by atoms with Crippen molar-refractivity contribution in [1.82, 2.24) is 0 Å². The van der Waals surface area contributed by atoms with Crippen molar-refractivity contribution in [3.63, 3.8) is 0 Å². The Bertz CT molecular complexity index is 445. The molecule has 2 N–H and O–H groups in total. The molecule has 0 aliphatic carbocycles. The first-order valence-electron chi connectivity index (χ1n) is 5.12. The van der Waals surface area contributed by atoms with Crippen LogP contribution in [0.3, 0.4) is 0 Å². The van der Waals surface area contributed by atoms with Gasteiger partial charge in [0.25, 0.3) is 5.69 Å². The highest BCUT2D eigenvalue weighted by Crippen LogP contribution is 2.26. The zero-order valence-corrected chi connectivity index (χ0v) is 9.64. The summed E-state index contributed by atoms with van der Waals surface area (Å²) in [4.78, 5) is 21.4. The summed E-state index contributed by atoms with van der Waals surface area (Å²) in [5, 5.41) is 22.5. The number of aliphatic hydroxyl groups excluding tert-OH is 1. The lowest BCUT2D eigenvalue weighted by Crippen LogP contribution is -2.20. The largest absolute Gasteiger partial charge is 0.394 e. The summed E-state index contributed by atoms with van der Waals surface area (Å²) in [6.45, 7) is 2.91. The molecule has 0 radical (unpaired) electrons. The predicted molar refractivity (Wildman–Crippen MR) is 63.3 cm³/mol. The van der Waals surface area contributed by atoms with E-state index in [1.54, 1.807) is 6.92 Å². The summed E-state index contributed by atoms with van der Waals surface area (Å²) < 4.78 is 0. The number of Topliss-reactive ketones (excluding diaryl/α,β-unsaturated/α-hetero) is 1. The van der Waals surface area contributed by atoms with Gasteiger partial charge >= 0.3 is 0 Å². The van der Waals surface area contributed by atoms with Crippen LogP contribution in [-0.2, 0) is 0 Å². The van der Waals surface area contributed by atoms with Crippen LogP contribution in [0.4, 0.5) is 11.4 Å². The van der Waals surface area contributed by atoms with Gasteiger partial charge in [-0.25, -0.2) is 0 Å². The van der Waals surface area contributed by atoms with Crippen LogP contribution < -0.4 is 5.32 Å². The summed E-state index contributed by atoms with van der Waals surface area (Å²) in [7, 11) is 0. The van der Waals surface area contributed by atoms with Crippen LogP contribution in [0.25, 0.3) is 0 Å². The van der Waals surface area contributed by atoms with Gasteiger partial charge < -0.3 is 10.4 Å². The van der Waals surface area contributed by atoms with E-state index in [2.05, 4.69) is 5.32 Å². The van der Waals surface area contributed by atoms with Crippen molar-refractivity contribution in [2.45, 2.75) is 19.9 Å². The number of hydrogen-bond donors (Lipinski definition) is 2. The lowest BCUT2D eigenvalue weighted by Gasteiger charge is -2.12. The fourth-order valence-corrected chi connectivity index (χ4v) is 1.33. The Balaban J connectivity index is 3.13. The number of carbonyl (C=O) groups is 1. The Morgan fingerprint density at radius 1 is 1.59 bits per heavy atom. The molecule has 92 valence electrons. The van der Waals surface area contributed by atoms with E-state index < -0.39 is 4.92 Å². The van der Waals surface area contributed by atoms with Gasteiger partial charge in [-0.15, -0.1) is 0 Å². The van der Waals surface area contributed by atoms with Crippen molar-refractivity contribution < 1.29 is 14.8 Å².